The van der Waals surface area contributed by atoms with Crippen molar-refractivity contribution in [2.75, 3.05) is 14.1 Å². The normalized spacial score (nSPS) is 21.4. The second-order valence-corrected chi connectivity index (χ2v) is 8.24. The first-order chi connectivity index (χ1) is 12.6. The Morgan fingerprint density at radius 2 is 1.62 bits per heavy atom. The summed E-state index contributed by atoms with van der Waals surface area (Å²) in [6.45, 7) is 0. The van der Waals surface area contributed by atoms with Crippen molar-refractivity contribution in [3.63, 3.8) is 0 Å². The summed E-state index contributed by atoms with van der Waals surface area (Å²) in [5, 5.41) is 3.22. The molecule has 0 saturated heterocycles. The zero-order chi connectivity index (χ0) is 18.5. The average molecular weight is 415 g/mol. The lowest BCUT2D eigenvalue weighted by atomic mass is 9.78. The predicted molar refractivity (Wildman–Crippen MR) is 110 cm³/mol. The van der Waals surface area contributed by atoms with Crippen molar-refractivity contribution in [3.05, 3.63) is 70.2 Å². The number of benzene rings is 2. The third-order valence-corrected chi connectivity index (χ3v) is 6.06. The molecule has 3 nitrogen and oxygen atoms in total. The van der Waals surface area contributed by atoms with E-state index in [0.717, 1.165) is 30.2 Å². The fourth-order valence-electron chi connectivity index (χ4n) is 4.13. The summed E-state index contributed by atoms with van der Waals surface area (Å²) in [6.07, 6.45) is 4.35. The standard InChI is InChI=1S/C22H27BrN2O/c1-25(2)21(16-8-4-3-5-9-16)17-12-14-18(15-13-17)24-22(26)19-10-6-7-11-20(19)23/h3-11,17-18,21H,12-15H2,1-2H3,(H,24,26). The summed E-state index contributed by atoms with van der Waals surface area (Å²) < 4.78 is 0.850. The van der Waals surface area contributed by atoms with E-state index in [0.29, 0.717) is 17.5 Å². The number of hydrogen-bond donors (Lipinski definition) is 1. The van der Waals surface area contributed by atoms with Gasteiger partial charge in [-0.05, 0) is 79.3 Å². The molecule has 0 radical (unpaired) electrons. The second-order valence-electron chi connectivity index (χ2n) is 7.38. The van der Waals surface area contributed by atoms with Crippen molar-refractivity contribution in [1.82, 2.24) is 10.2 Å². The van der Waals surface area contributed by atoms with E-state index in [4.69, 9.17) is 0 Å². The molecule has 3 rings (SSSR count). The molecule has 138 valence electrons. The number of carbonyl (C=O) groups is 1. The fourth-order valence-corrected chi connectivity index (χ4v) is 4.59. The van der Waals surface area contributed by atoms with Gasteiger partial charge in [0.15, 0.2) is 0 Å². The summed E-state index contributed by atoms with van der Waals surface area (Å²) in [4.78, 5) is 14.9. The van der Waals surface area contributed by atoms with Gasteiger partial charge in [0.1, 0.15) is 0 Å². The van der Waals surface area contributed by atoms with E-state index in [1.807, 2.05) is 24.3 Å². The van der Waals surface area contributed by atoms with E-state index in [9.17, 15) is 4.79 Å². The summed E-state index contributed by atoms with van der Waals surface area (Å²) in [5.41, 5.74) is 2.10. The molecular weight excluding hydrogens is 388 g/mol. The SMILES string of the molecule is CN(C)C(c1ccccc1)C1CCC(NC(=O)c2ccccc2Br)CC1. The van der Waals surface area contributed by atoms with E-state index in [1.54, 1.807) is 0 Å². The molecule has 1 unspecified atom stereocenters. The lowest BCUT2D eigenvalue weighted by molar-refractivity contribution is 0.0906. The highest BCUT2D eigenvalue weighted by atomic mass is 79.9. The third-order valence-electron chi connectivity index (χ3n) is 5.37. The molecular formula is C22H27BrN2O. The predicted octanol–water partition coefficient (Wildman–Crippen LogP) is 5.04. The van der Waals surface area contributed by atoms with Gasteiger partial charge in [0.05, 0.1) is 5.56 Å². The molecule has 1 aliphatic rings. The quantitative estimate of drug-likeness (QED) is 0.742. The van der Waals surface area contributed by atoms with Crippen LogP contribution in [-0.4, -0.2) is 30.9 Å². The van der Waals surface area contributed by atoms with Gasteiger partial charge in [0.25, 0.3) is 5.91 Å². The Morgan fingerprint density at radius 3 is 2.23 bits per heavy atom. The van der Waals surface area contributed by atoms with Gasteiger partial charge in [0, 0.05) is 16.6 Å². The monoisotopic (exact) mass is 414 g/mol. The molecule has 1 aliphatic carbocycles. The number of nitrogens with zero attached hydrogens (tertiary/aromatic N) is 1. The molecule has 0 spiro atoms. The molecule has 1 amide bonds. The Hall–Kier alpha value is -1.65. The molecule has 0 aromatic heterocycles. The molecule has 0 heterocycles. The van der Waals surface area contributed by atoms with Crippen LogP contribution in [0.25, 0.3) is 0 Å². The Labute approximate surface area is 164 Å². The summed E-state index contributed by atoms with van der Waals surface area (Å²) in [7, 11) is 4.33. The van der Waals surface area contributed by atoms with Crippen LogP contribution < -0.4 is 5.32 Å². The van der Waals surface area contributed by atoms with Gasteiger partial charge in [-0.3, -0.25) is 4.79 Å². The fraction of sp³-hybridized carbons (Fsp3) is 0.409. The van der Waals surface area contributed by atoms with Crippen molar-refractivity contribution in [3.8, 4) is 0 Å². The van der Waals surface area contributed by atoms with E-state index in [1.165, 1.54) is 5.56 Å². The summed E-state index contributed by atoms with van der Waals surface area (Å²) in [6, 6.07) is 19.1. The van der Waals surface area contributed by atoms with Crippen LogP contribution in [0, 0.1) is 5.92 Å². The maximum Gasteiger partial charge on any atom is 0.252 e. The molecule has 2 aromatic carbocycles. The van der Waals surface area contributed by atoms with Crippen molar-refractivity contribution in [2.45, 2.75) is 37.8 Å². The van der Waals surface area contributed by atoms with E-state index in [2.05, 4.69) is 70.6 Å². The number of halogens is 1. The van der Waals surface area contributed by atoms with Crippen molar-refractivity contribution < 1.29 is 4.79 Å². The van der Waals surface area contributed by atoms with Crippen molar-refractivity contribution in [2.24, 2.45) is 5.92 Å². The average Bonchev–Trinajstić information content (AvgIpc) is 2.64. The first kappa shape index (κ1) is 19.1. The number of carbonyl (C=O) groups excluding carboxylic acids is 1. The maximum absolute atomic E-state index is 12.5. The highest BCUT2D eigenvalue weighted by molar-refractivity contribution is 9.10. The first-order valence-corrected chi connectivity index (χ1v) is 10.1. The molecule has 1 saturated carbocycles. The van der Waals surface area contributed by atoms with Crippen LogP contribution in [0.1, 0.15) is 47.6 Å². The van der Waals surface area contributed by atoms with Gasteiger partial charge in [-0.2, -0.15) is 0 Å². The maximum atomic E-state index is 12.5. The van der Waals surface area contributed by atoms with E-state index in [-0.39, 0.29) is 11.9 Å². The Balaban J connectivity index is 1.60. The van der Waals surface area contributed by atoms with Gasteiger partial charge < -0.3 is 10.2 Å². The lowest BCUT2D eigenvalue weighted by Crippen LogP contribution is -2.40. The van der Waals surface area contributed by atoms with Gasteiger partial charge in [-0.15, -0.1) is 0 Å². The minimum atomic E-state index is 0.0214. The highest BCUT2D eigenvalue weighted by Gasteiger charge is 2.30. The van der Waals surface area contributed by atoms with Crippen LogP contribution in [0.3, 0.4) is 0 Å². The molecule has 1 atom stereocenters. The minimum Gasteiger partial charge on any atom is -0.349 e. The minimum absolute atomic E-state index is 0.0214. The van der Waals surface area contributed by atoms with Crippen LogP contribution in [0.5, 0.6) is 0 Å². The largest absolute Gasteiger partial charge is 0.349 e. The number of hydrogen-bond acceptors (Lipinski definition) is 2. The van der Waals surface area contributed by atoms with Gasteiger partial charge >= 0.3 is 0 Å². The zero-order valence-electron chi connectivity index (χ0n) is 15.5. The Bertz CT molecular complexity index is 724. The van der Waals surface area contributed by atoms with Crippen LogP contribution in [0.2, 0.25) is 0 Å². The smallest absolute Gasteiger partial charge is 0.252 e. The van der Waals surface area contributed by atoms with Crippen LogP contribution in [0.15, 0.2) is 59.1 Å². The molecule has 1 fully saturated rings. The number of nitrogens with one attached hydrogen (secondary N) is 1. The second kappa shape index (κ2) is 8.83. The zero-order valence-corrected chi connectivity index (χ0v) is 17.1. The molecule has 4 heteroatoms. The molecule has 0 bridgehead atoms. The van der Waals surface area contributed by atoms with Crippen molar-refractivity contribution >= 4 is 21.8 Å². The van der Waals surface area contributed by atoms with E-state index < -0.39 is 0 Å². The Morgan fingerprint density at radius 1 is 1.00 bits per heavy atom. The van der Waals surface area contributed by atoms with Gasteiger partial charge in [-0.25, -0.2) is 0 Å². The van der Waals surface area contributed by atoms with Crippen molar-refractivity contribution in [1.29, 1.82) is 0 Å². The van der Waals surface area contributed by atoms with Crippen LogP contribution in [0.4, 0.5) is 0 Å². The number of amides is 1. The lowest BCUT2D eigenvalue weighted by Gasteiger charge is -2.37. The van der Waals surface area contributed by atoms with E-state index >= 15 is 0 Å². The highest BCUT2D eigenvalue weighted by Crippen LogP contribution is 2.37. The summed E-state index contributed by atoms with van der Waals surface area (Å²) >= 11 is 3.47. The van der Waals surface area contributed by atoms with Crippen LogP contribution in [-0.2, 0) is 0 Å². The van der Waals surface area contributed by atoms with Gasteiger partial charge in [0.2, 0.25) is 0 Å². The number of rotatable bonds is 5. The van der Waals surface area contributed by atoms with Crippen LogP contribution >= 0.6 is 15.9 Å². The molecule has 26 heavy (non-hydrogen) atoms. The third kappa shape index (κ3) is 4.54. The first-order valence-electron chi connectivity index (χ1n) is 9.33. The molecule has 0 aliphatic heterocycles. The van der Waals surface area contributed by atoms with Gasteiger partial charge in [-0.1, -0.05) is 42.5 Å². The molecule has 1 N–H and O–H groups in total. The topological polar surface area (TPSA) is 32.3 Å². The summed E-state index contributed by atoms with van der Waals surface area (Å²) in [5.74, 6) is 0.650. The Kier molecular flexibility index (Phi) is 6.49. The molecule has 2 aromatic rings.